The summed E-state index contributed by atoms with van der Waals surface area (Å²) in [6.45, 7) is 9.78. The van der Waals surface area contributed by atoms with Crippen molar-refractivity contribution in [2.45, 2.75) is 65.3 Å². The van der Waals surface area contributed by atoms with Crippen LogP contribution in [0.15, 0.2) is 0 Å². The van der Waals surface area contributed by atoms with Gasteiger partial charge in [0.05, 0.1) is 4.99 Å². The summed E-state index contributed by atoms with van der Waals surface area (Å²) >= 11 is 0.279. The number of thiol groups is 1. The number of aliphatic hydroxyl groups is 1. The van der Waals surface area contributed by atoms with Crippen LogP contribution < -0.4 is 11.5 Å². The molecule has 0 saturated carbocycles. The van der Waals surface area contributed by atoms with E-state index >= 15 is 0 Å². The van der Waals surface area contributed by atoms with E-state index in [2.05, 4.69) is 0 Å². The molecular weight excluding hydrogens is 390 g/mol. The molecule has 11 heteroatoms. The van der Waals surface area contributed by atoms with Crippen molar-refractivity contribution in [2.75, 3.05) is 12.3 Å². The van der Waals surface area contributed by atoms with E-state index in [1.807, 2.05) is 0 Å². The lowest BCUT2D eigenvalue weighted by atomic mass is 10.1. The Hall–Kier alpha value is -1.98. The highest BCUT2D eigenvalue weighted by Crippen LogP contribution is 2.18. The monoisotopic (exact) mass is 421 g/mol. The Labute approximate surface area is 168 Å². The summed E-state index contributed by atoms with van der Waals surface area (Å²) in [4.78, 5) is 48.3. The van der Waals surface area contributed by atoms with Gasteiger partial charge in [-0.15, -0.1) is 0 Å². The number of nitrogens with two attached hydrogens (primary N) is 2. The van der Waals surface area contributed by atoms with E-state index in [-0.39, 0.29) is 28.6 Å². The zero-order valence-electron chi connectivity index (χ0n) is 17.1. The summed E-state index contributed by atoms with van der Waals surface area (Å²) in [6, 6.07) is 0. The number of amides is 3. The Morgan fingerprint density at radius 3 is 1.75 bits per heavy atom. The molecule has 10 nitrogen and oxygen atoms in total. The third-order valence-corrected chi connectivity index (χ3v) is 4.04. The predicted molar refractivity (Wildman–Crippen MR) is 107 cm³/mol. The molecular formula is C17H31N3O7S. The summed E-state index contributed by atoms with van der Waals surface area (Å²) in [5.74, 6) is -2.03. The van der Waals surface area contributed by atoms with Gasteiger partial charge in [0, 0.05) is 13.0 Å². The second kappa shape index (κ2) is 10.5. The highest BCUT2D eigenvalue weighted by Gasteiger charge is 2.37. The number of ether oxygens (including phenoxy) is 2. The van der Waals surface area contributed by atoms with Crippen molar-refractivity contribution < 1.29 is 33.8 Å². The molecule has 0 aliphatic rings. The van der Waals surface area contributed by atoms with Crippen LogP contribution in [-0.4, -0.2) is 68.5 Å². The van der Waals surface area contributed by atoms with E-state index in [1.54, 1.807) is 41.5 Å². The van der Waals surface area contributed by atoms with Crippen molar-refractivity contribution in [3.8, 4) is 0 Å². The Balaban J connectivity index is 6.07. The smallest absolute Gasteiger partial charge is 0.424 e. The maximum atomic E-state index is 12.7. The highest BCUT2D eigenvalue weighted by molar-refractivity contribution is 7.98. The molecule has 0 saturated heterocycles. The number of primary amides is 1. The molecule has 1 unspecified atom stereocenters. The van der Waals surface area contributed by atoms with Gasteiger partial charge in [0.2, 0.25) is 5.78 Å². The number of ketones is 1. The van der Waals surface area contributed by atoms with Gasteiger partial charge < -0.3 is 26.0 Å². The van der Waals surface area contributed by atoms with Crippen molar-refractivity contribution in [1.29, 1.82) is 0 Å². The number of carbonyl (C=O) groups excluding carboxylic acids is 4. The van der Waals surface area contributed by atoms with Gasteiger partial charge in [0.25, 0.3) is 5.91 Å². The second-order valence-corrected chi connectivity index (χ2v) is 9.05. The molecule has 0 rings (SSSR count). The zero-order chi connectivity index (χ0) is 22.3. The molecule has 0 aliphatic carbocycles. The SMILES string of the molecule is CC(C)(C)OC(=O)N(C(=O)OC(C)(C)C)C(=[SH]CCN)C(O)CC(=O)C(N)=O. The van der Waals surface area contributed by atoms with Crippen molar-refractivity contribution in [3.05, 3.63) is 0 Å². The first kappa shape index (κ1) is 26.0. The van der Waals surface area contributed by atoms with Gasteiger partial charge in [0.15, 0.2) is 0 Å². The van der Waals surface area contributed by atoms with Gasteiger partial charge in [-0.05, 0) is 47.3 Å². The minimum atomic E-state index is -1.65. The van der Waals surface area contributed by atoms with E-state index in [0.29, 0.717) is 4.90 Å². The van der Waals surface area contributed by atoms with Crippen LogP contribution in [0.3, 0.4) is 0 Å². The topological polar surface area (TPSA) is 162 Å². The van der Waals surface area contributed by atoms with Crippen LogP contribution in [0.2, 0.25) is 0 Å². The van der Waals surface area contributed by atoms with Crippen molar-refractivity contribution in [2.24, 2.45) is 11.5 Å². The number of hydrogen-bond donors (Lipinski definition) is 4. The van der Waals surface area contributed by atoms with Crippen molar-refractivity contribution >= 4 is 40.2 Å². The molecule has 0 radical (unpaired) electrons. The normalized spacial score (nSPS) is 13.8. The summed E-state index contributed by atoms with van der Waals surface area (Å²) in [5, 5.41) is 10.4. The first-order chi connectivity index (χ1) is 12.6. The second-order valence-electron chi connectivity index (χ2n) is 7.83. The standard InChI is InChI=1S/C17H31N3O7S/c1-16(2,3)26-14(24)20(15(25)27-17(4,5)6)13(28-8-7-18)11(22)9-10(21)12(19)23/h11,22,28H,7-9,18H2,1-6H3,(H2,19,23). The van der Waals surface area contributed by atoms with Gasteiger partial charge in [-0.1, -0.05) is 0 Å². The molecule has 1 atom stereocenters. The molecule has 162 valence electrons. The number of imide groups is 1. The van der Waals surface area contributed by atoms with Gasteiger partial charge in [-0.3, -0.25) is 9.59 Å². The molecule has 5 N–H and O–H groups in total. The Morgan fingerprint density at radius 1 is 1.00 bits per heavy atom. The predicted octanol–water partition coefficient (Wildman–Crippen LogP) is 0.518. The average molecular weight is 422 g/mol. The molecule has 0 aromatic heterocycles. The first-order valence-corrected chi connectivity index (χ1v) is 9.68. The summed E-state index contributed by atoms with van der Waals surface area (Å²) < 4.78 is 10.5. The van der Waals surface area contributed by atoms with Gasteiger partial charge in [-0.25, -0.2) is 9.59 Å². The molecule has 0 aromatic carbocycles. The van der Waals surface area contributed by atoms with E-state index in [4.69, 9.17) is 20.9 Å². The molecule has 28 heavy (non-hydrogen) atoms. The molecule has 0 heterocycles. The summed E-state index contributed by atoms with van der Waals surface area (Å²) in [6.07, 6.45) is -4.53. The number of nitrogens with zero attached hydrogens (tertiary/aromatic N) is 1. The quantitative estimate of drug-likeness (QED) is 0.274. The minimum Gasteiger partial charge on any atom is -0.443 e. The fraction of sp³-hybridized carbons (Fsp3) is 0.706. The van der Waals surface area contributed by atoms with Crippen LogP contribution in [0.4, 0.5) is 9.59 Å². The molecule has 3 amide bonds. The molecule has 0 aromatic rings. The van der Waals surface area contributed by atoms with Crippen LogP contribution in [0.1, 0.15) is 48.0 Å². The summed E-state index contributed by atoms with van der Waals surface area (Å²) in [5.41, 5.74) is 8.52. The van der Waals surface area contributed by atoms with E-state index in [0.717, 1.165) is 0 Å². The van der Waals surface area contributed by atoms with Gasteiger partial charge in [-0.2, -0.15) is 16.3 Å². The molecule has 0 bridgehead atoms. The number of Topliss-reactive ketones (excluding diaryl/α,β-unsaturated/α-hetero) is 1. The van der Waals surface area contributed by atoms with Gasteiger partial charge in [0.1, 0.15) is 17.3 Å². The number of aliphatic hydroxyl groups excluding tert-OH is 1. The highest BCUT2D eigenvalue weighted by atomic mass is 32.1. The molecule has 0 fully saturated rings. The van der Waals surface area contributed by atoms with E-state index in [9.17, 15) is 24.3 Å². The maximum Gasteiger partial charge on any atom is 0.424 e. The largest absolute Gasteiger partial charge is 0.443 e. The molecule has 0 spiro atoms. The van der Waals surface area contributed by atoms with Crippen molar-refractivity contribution in [3.63, 3.8) is 0 Å². The zero-order valence-corrected chi connectivity index (χ0v) is 18.0. The minimum absolute atomic E-state index is 0.179. The lowest BCUT2D eigenvalue weighted by Gasteiger charge is -2.31. The lowest BCUT2D eigenvalue weighted by molar-refractivity contribution is -0.136. The van der Waals surface area contributed by atoms with Crippen molar-refractivity contribution in [1.82, 2.24) is 4.90 Å². The van der Waals surface area contributed by atoms with Crippen LogP contribution in [0, 0.1) is 0 Å². The van der Waals surface area contributed by atoms with Crippen LogP contribution in [-0.2, 0) is 19.1 Å². The maximum absolute atomic E-state index is 12.7. The van der Waals surface area contributed by atoms with Gasteiger partial charge >= 0.3 is 12.2 Å². The molecule has 0 aliphatic heterocycles. The third-order valence-electron chi connectivity index (χ3n) is 2.74. The number of rotatable bonds is 6. The Bertz CT molecular complexity index is 608. The fourth-order valence-corrected chi connectivity index (χ4v) is 2.71. The summed E-state index contributed by atoms with van der Waals surface area (Å²) in [7, 11) is 0. The fourth-order valence-electron chi connectivity index (χ4n) is 1.75. The number of carbonyl (C=O) groups is 4. The average Bonchev–Trinajstić information content (AvgIpc) is 2.46. The van der Waals surface area contributed by atoms with Crippen LogP contribution in [0.5, 0.6) is 0 Å². The number of hydrogen-bond acceptors (Lipinski definition) is 8. The van der Waals surface area contributed by atoms with Crippen LogP contribution in [0.25, 0.3) is 0 Å². The van der Waals surface area contributed by atoms with E-state index < -0.39 is 47.6 Å². The van der Waals surface area contributed by atoms with Crippen LogP contribution >= 0.6 is 11.4 Å². The Kier molecular flexibility index (Phi) is 9.79. The Morgan fingerprint density at radius 2 is 1.43 bits per heavy atom. The van der Waals surface area contributed by atoms with E-state index in [1.165, 1.54) is 0 Å². The first-order valence-electron chi connectivity index (χ1n) is 8.60. The third kappa shape index (κ3) is 9.81. The lowest BCUT2D eigenvalue weighted by Crippen LogP contribution is -2.50.